The van der Waals surface area contributed by atoms with Gasteiger partial charge in [-0.15, -0.1) is 0 Å². The van der Waals surface area contributed by atoms with Gasteiger partial charge >= 0.3 is 0 Å². The first-order valence-electron chi connectivity index (χ1n) is 16.0. The minimum Gasteiger partial charge on any atom is -0.350 e. The number of hydrogen-bond donors (Lipinski definition) is 2. The van der Waals surface area contributed by atoms with Gasteiger partial charge in [0.25, 0.3) is 0 Å². The molecule has 2 aliphatic rings. The minimum absolute atomic E-state index is 0.0417. The molecule has 2 N–H and O–H groups in total. The number of nitrogens with one attached hydrogen (secondary N) is 2. The van der Waals surface area contributed by atoms with Crippen molar-refractivity contribution in [2.24, 2.45) is 17.8 Å². The predicted octanol–water partition coefficient (Wildman–Crippen LogP) is 2.09. The molecule has 5 atom stereocenters. The summed E-state index contributed by atoms with van der Waals surface area (Å²) in [5.74, 6) is -1.61. The Morgan fingerprint density at radius 2 is 1.26 bits per heavy atom. The summed E-state index contributed by atoms with van der Waals surface area (Å²) in [5.41, 5.74) is -0.416. The summed E-state index contributed by atoms with van der Waals surface area (Å²) in [6.07, 6.45) is 2.51. The molecular formula is C32H58N6O5. The van der Waals surface area contributed by atoms with E-state index >= 15 is 0 Å². The van der Waals surface area contributed by atoms with Gasteiger partial charge in [0.15, 0.2) is 0 Å². The number of amides is 5. The molecule has 2 heterocycles. The van der Waals surface area contributed by atoms with Crippen LogP contribution in [0.3, 0.4) is 0 Å². The second-order valence-electron chi connectivity index (χ2n) is 14.6. The molecule has 0 spiro atoms. The van der Waals surface area contributed by atoms with Gasteiger partial charge in [0.2, 0.25) is 29.5 Å². The van der Waals surface area contributed by atoms with E-state index in [0.717, 1.165) is 6.42 Å². The van der Waals surface area contributed by atoms with Gasteiger partial charge in [0, 0.05) is 25.7 Å². The molecule has 2 fully saturated rings. The summed E-state index contributed by atoms with van der Waals surface area (Å²) >= 11 is 0. The normalized spacial score (nSPS) is 21.4. The summed E-state index contributed by atoms with van der Waals surface area (Å²) in [5, 5.41) is 5.96. The number of carbonyl (C=O) groups excluding carboxylic acids is 5. The number of likely N-dealkylation sites (tertiary alicyclic amines) is 2. The molecule has 1 unspecified atom stereocenters. The maximum Gasteiger partial charge on any atom is 0.246 e. The molecule has 2 aliphatic heterocycles. The Kier molecular flexibility index (Phi) is 12.6. The Bertz CT molecular complexity index is 1010. The third kappa shape index (κ3) is 8.92. The zero-order chi connectivity index (χ0) is 33.0. The van der Waals surface area contributed by atoms with Crippen molar-refractivity contribution in [1.82, 2.24) is 30.2 Å². The smallest absolute Gasteiger partial charge is 0.246 e. The fraction of sp³-hybridized carbons (Fsp3) is 0.844. The molecule has 5 amide bonds. The van der Waals surface area contributed by atoms with Crippen molar-refractivity contribution in [2.75, 3.05) is 34.2 Å². The van der Waals surface area contributed by atoms with Crippen LogP contribution in [0, 0.1) is 17.8 Å². The Hall–Kier alpha value is -2.69. The molecule has 0 aromatic rings. The summed E-state index contributed by atoms with van der Waals surface area (Å²) in [7, 11) is 5.29. The molecule has 0 radical (unpaired) electrons. The number of hydrogen-bond acceptors (Lipinski definition) is 6. The first-order valence-corrected chi connectivity index (χ1v) is 16.0. The van der Waals surface area contributed by atoms with Crippen LogP contribution in [0.15, 0.2) is 0 Å². The maximum atomic E-state index is 14.2. The Morgan fingerprint density at radius 3 is 1.72 bits per heavy atom. The lowest BCUT2D eigenvalue weighted by molar-refractivity contribution is -0.153. The molecule has 0 aromatic carbocycles. The summed E-state index contributed by atoms with van der Waals surface area (Å²) in [6.45, 7) is 18.1. The van der Waals surface area contributed by atoms with E-state index in [0.29, 0.717) is 32.4 Å². The van der Waals surface area contributed by atoms with Gasteiger partial charge < -0.3 is 25.3 Å². The second kappa shape index (κ2) is 14.9. The van der Waals surface area contributed by atoms with Crippen molar-refractivity contribution in [1.29, 1.82) is 0 Å². The number of likely N-dealkylation sites (N-methyl/N-ethyl adjacent to an activating group) is 2. The quantitative estimate of drug-likeness (QED) is 0.372. The van der Waals surface area contributed by atoms with Crippen LogP contribution >= 0.6 is 0 Å². The number of nitrogens with zero attached hydrogens (tertiary/aromatic N) is 4. The average molecular weight is 607 g/mol. The van der Waals surface area contributed by atoms with E-state index < -0.39 is 35.7 Å². The van der Waals surface area contributed by atoms with Gasteiger partial charge in [-0.3, -0.25) is 28.9 Å². The zero-order valence-corrected chi connectivity index (χ0v) is 28.7. The number of rotatable bonds is 11. The highest BCUT2D eigenvalue weighted by atomic mass is 16.2. The van der Waals surface area contributed by atoms with Crippen LogP contribution in [0.2, 0.25) is 0 Å². The monoisotopic (exact) mass is 606 g/mol. The van der Waals surface area contributed by atoms with Crippen molar-refractivity contribution in [3.05, 3.63) is 0 Å². The van der Waals surface area contributed by atoms with Crippen LogP contribution in [0.1, 0.15) is 88.0 Å². The van der Waals surface area contributed by atoms with Crippen molar-refractivity contribution >= 4 is 29.5 Å². The van der Waals surface area contributed by atoms with Gasteiger partial charge in [-0.1, -0.05) is 41.5 Å². The van der Waals surface area contributed by atoms with E-state index in [1.54, 1.807) is 16.8 Å². The van der Waals surface area contributed by atoms with Crippen molar-refractivity contribution in [3.8, 4) is 0 Å². The molecule has 43 heavy (non-hydrogen) atoms. The van der Waals surface area contributed by atoms with E-state index in [2.05, 4.69) is 10.6 Å². The van der Waals surface area contributed by atoms with Gasteiger partial charge in [0.05, 0.1) is 6.04 Å². The van der Waals surface area contributed by atoms with Crippen LogP contribution in [-0.2, 0) is 24.0 Å². The lowest BCUT2D eigenvalue weighted by Crippen LogP contribution is -2.61. The van der Waals surface area contributed by atoms with Gasteiger partial charge in [-0.05, 0) is 78.3 Å². The van der Waals surface area contributed by atoms with E-state index in [1.165, 1.54) is 4.90 Å². The van der Waals surface area contributed by atoms with Crippen molar-refractivity contribution < 1.29 is 24.0 Å². The highest BCUT2D eigenvalue weighted by molar-refractivity contribution is 5.96. The van der Waals surface area contributed by atoms with Crippen molar-refractivity contribution in [2.45, 2.75) is 124 Å². The lowest BCUT2D eigenvalue weighted by Gasteiger charge is -2.39. The van der Waals surface area contributed by atoms with Gasteiger partial charge in [-0.25, -0.2) is 0 Å². The van der Waals surface area contributed by atoms with E-state index in [4.69, 9.17) is 0 Å². The third-order valence-corrected chi connectivity index (χ3v) is 8.49. The Labute approximate surface area is 259 Å². The van der Waals surface area contributed by atoms with Crippen LogP contribution in [0.5, 0.6) is 0 Å². The Morgan fingerprint density at radius 1 is 0.744 bits per heavy atom. The average Bonchev–Trinajstić information content (AvgIpc) is 3.55. The molecular weight excluding hydrogens is 548 g/mol. The van der Waals surface area contributed by atoms with Crippen LogP contribution in [0.4, 0.5) is 0 Å². The number of carbonyl (C=O) groups is 5. The highest BCUT2D eigenvalue weighted by Crippen LogP contribution is 2.28. The molecule has 2 saturated heterocycles. The fourth-order valence-electron chi connectivity index (χ4n) is 6.54. The first kappa shape index (κ1) is 36.5. The largest absolute Gasteiger partial charge is 0.350 e. The lowest BCUT2D eigenvalue weighted by atomic mass is 9.96. The molecule has 0 aromatic heterocycles. The molecule has 0 aliphatic carbocycles. The molecule has 11 nitrogen and oxygen atoms in total. The van der Waals surface area contributed by atoms with Crippen LogP contribution < -0.4 is 10.6 Å². The van der Waals surface area contributed by atoms with E-state index in [9.17, 15) is 24.0 Å². The van der Waals surface area contributed by atoms with Gasteiger partial charge in [0.1, 0.15) is 24.2 Å². The topological polar surface area (TPSA) is 122 Å². The minimum atomic E-state index is -0.813. The third-order valence-electron chi connectivity index (χ3n) is 8.49. The molecule has 246 valence electrons. The zero-order valence-electron chi connectivity index (χ0n) is 28.7. The summed E-state index contributed by atoms with van der Waals surface area (Å²) in [4.78, 5) is 74.7. The van der Waals surface area contributed by atoms with E-state index in [1.807, 2.05) is 81.3 Å². The van der Waals surface area contributed by atoms with Crippen molar-refractivity contribution in [3.63, 3.8) is 0 Å². The van der Waals surface area contributed by atoms with Crippen LogP contribution in [-0.4, -0.2) is 119 Å². The maximum absolute atomic E-state index is 14.2. The second-order valence-corrected chi connectivity index (χ2v) is 14.6. The predicted molar refractivity (Wildman–Crippen MR) is 168 cm³/mol. The SMILES string of the molecule is CC(C)C(C(=O)N[C@H](C(=O)N(C)[C@H](C(=O)N1CCC[C@H]1C(=O)N1CCC[C@H]1C(=O)NC(C)(C)C)C(C)C)C(C)C)N(C)C. The fourth-order valence-corrected chi connectivity index (χ4v) is 6.54. The van der Waals surface area contributed by atoms with E-state index in [-0.39, 0.29) is 47.3 Å². The molecule has 0 bridgehead atoms. The molecule has 0 saturated carbocycles. The standard InChI is InChI=1S/C32H58N6O5/c1-19(2)24(33-28(40)25(20(3)4)35(10)11)30(42)36(12)26(21(5)6)31(43)38-18-14-16-23(38)29(41)37-17-13-15-22(37)27(39)34-32(7,8)9/h19-26H,13-18H2,1-12H3,(H,33,40)(H,34,39)/t22-,23-,24-,25?,26-/m0/s1. The highest BCUT2D eigenvalue weighted by Gasteiger charge is 2.46. The first-order chi connectivity index (χ1) is 19.8. The summed E-state index contributed by atoms with van der Waals surface area (Å²) in [6, 6.07) is -3.25. The summed E-state index contributed by atoms with van der Waals surface area (Å²) < 4.78 is 0. The molecule has 2 rings (SSSR count). The Balaban J connectivity index is 2.27. The van der Waals surface area contributed by atoms with Gasteiger partial charge in [-0.2, -0.15) is 0 Å². The van der Waals surface area contributed by atoms with Crippen LogP contribution in [0.25, 0.3) is 0 Å². The molecule has 11 heteroatoms.